The third-order valence-corrected chi connectivity index (χ3v) is 4.59. The maximum absolute atomic E-state index is 12.1. The van der Waals surface area contributed by atoms with E-state index in [2.05, 4.69) is 16.2 Å². The summed E-state index contributed by atoms with van der Waals surface area (Å²) in [4.78, 5) is 24.0. The monoisotopic (exact) mass is 367 g/mol. The van der Waals surface area contributed by atoms with Crippen molar-refractivity contribution in [2.45, 2.75) is 44.8 Å². The van der Waals surface area contributed by atoms with Gasteiger partial charge in [-0.25, -0.2) is 10.2 Å². The molecular formula is C21H25N3O3. The summed E-state index contributed by atoms with van der Waals surface area (Å²) in [6, 6.07) is 16.5. The predicted octanol–water partition coefficient (Wildman–Crippen LogP) is 3.54. The van der Waals surface area contributed by atoms with E-state index in [0.29, 0.717) is 17.9 Å². The number of hydrogen-bond acceptors (Lipinski definition) is 3. The van der Waals surface area contributed by atoms with Crippen molar-refractivity contribution in [3.8, 4) is 5.75 Å². The predicted molar refractivity (Wildman–Crippen MR) is 103 cm³/mol. The Morgan fingerprint density at radius 1 is 0.889 bits per heavy atom. The van der Waals surface area contributed by atoms with E-state index < -0.39 is 0 Å². The zero-order chi connectivity index (χ0) is 18.9. The van der Waals surface area contributed by atoms with Crippen molar-refractivity contribution >= 4 is 11.9 Å². The Bertz CT molecular complexity index is 741. The van der Waals surface area contributed by atoms with Crippen molar-refractivity contribution in [2.24, 2.45) is 0 Å². The van der Waals surface area contributed by atoms with E-state index in [-0.39, 0.29) is 18.0 Å². The summed E-state index contributed by atoms with van der Waals surface area (Å²) in [5, 5.41) is 2.88. The summed E-state index contributed by atoms with van der Waals surface area (Å²) < 4.78 is 5.70. The van der Waals surface area contributed by atoms with Gasteiger partial charge in [0.15, 0.2) is 0 Å². The normalized spacial score (nSPS) is 14.2. The first kappa shape index (κ1) is 18.8. The van der Waals surface area contributed by atoms with Gasteiger partial charge in [-0.3, -0.25) is 10.2 Å². The minimum atomic E-state index is -0.377. The maximum atomic E-state index is 12.1. The molecule has 0 aliphatic heterocycles. The summed E-state index contributed by atoms with van der Waals surface area (Å²) in [7, 11) is 0. The van der Waals surface area contributed by atoms with Gasteiger partial charge in [-0.05, 0) is 42.7 Å². The largest absolute Gasteiger partial charge is 0.489 e. The third-order valence-electron chi connectivity index (χ3n) is 4.59. The Kier molecular flexibility index (Phi) is 6.68. The van der Waals surface area contributed by atoms with Crippen LogP contribution in [0.1, 0.15) is 48.0 Å². The molecule has 2 aromatic carbocycles. The third kappa shape index (κ3) is 6.02. The lowest BCUT2D eigenvalue weighted by molar-refractivity contribution is 0.0935. The van der Waals surface area contributed by atoms with Crippen molar-refractivity contribution in [1.82, 2.24) is 16.2 Å². The Morgan fingerprint density at radius 3 is 2.30 bits per heavy atom. The Labute approximate surface area is 159 Å². The second kappa shape index (κ2) is 9.62. The van der Waals surface area contributed by atoms with Crippen LogP contribution in [0.3, 0.4) is 0 Å². The van der Waals surface area contributed by atoms with E-state index >= 15 is 0 Å². The lowest BCUT2D eigenvalue weighted by atomic mass is 9.96. The molecule has 0 unspecified atom stereocenters. The number of amides is 3. The molecule has 142 valence electrons. The number of benzene rings is 2. The summed E-state index contributed by atoms with van der Waals surface area (Å²) in [6.07, 6.45) is 5.48. The van der Waals surface area contributed by atoms with E-state index in [1.807, 2.05) is 30.3 Å². The van der Waals surface area contributed by atoms with E-state index in [1.165, 1.54) is 6.42 Å². The molecule has 2 aromatic rings. The highest BCUT2D eigenvalue weighted by atomic mass is 16.5. The number of ether oxygens (including phenoxy) is 1. The van der Waals surface area contributed by atoms with Crippen molar-refractivity contribution < 1.29 is 14.3 Å². The number of carbonyl (C=O) groups is 2. The topological polar surface area (TPSA) is 79.5 Å². The number of carbonyl (C=O) groups excluding carboxylic acids is 2. The fourth-order valence-electron chi connectivity index (χ4n) is 3.10. The van der Waals surface area contributed by atoms with E-state index in [4.69, 9.17) is 4.74 Å². The molecule has 0 bridgehead atoms. The number of nitrogens with one attached hydrogen (secondary N) is 3. The Balaban J connectivity index is 1.42. The molecule has 1 saturated carbocycles. The second-order valence-corrected chi connectivity index (χ2v) is 6.69. The molecule has 3 N–H and O–H groups in total. The second-order valence-electron chi connectivity index (χ2n) is 6.69. The van der Waals surface area contributed by atoms with Crippen LogP contribution < -0.4 is 20.9 Å². The van der Waals surface area contributed by atoms with Gasteiger partial charge < -0.3 is 10.1 Å². The highest BCUT2D eigenvalue weighted by Gasteiger charge is 2.16. The average molecular weight is 367 g/mol. The van der Waals surface area contributed by atoms with Crippen LogP contribution in [0.2, 0.25) is 0 Å². The van der Waals surface area contributed by atoms with Crippen LogP contribution in [-0.2, 0) is 6.61 Å². The number of hydrazine groups is 1. The van der Waals surface area contributed by atoms with Crippen molar-refractivity contribution in [1.29, 1.82) is 0 Å². The molecule has 27 heavy (non-hydrogen) atoms. The highest BCUT2D eigenvalue weighted by Crippen LogP contribution is 2.17. The van der Waals surface area contributed by atoms with Crippen LogP contribution in [0.4, 0.5) is 4.79 Å². The van der Waals surface area contributed by atoms with Crippen LogP contribution in [0.5, 0.6) is 5.75 Å². The van der Waals surface area contributed by atoms with Gasteiger partial charge in [0.2, 0.25) is 0 Å². The molecular weight excluding hydrogens is 342 g/mol. The zero-order valence-electron chi connectivity index (χ0n) is 15.2. The van der Waals surface area contributed by atoms with Gasteiger partial charge in [-0.2, -0.15) is 0 Å². The molecule has 0 aromatic heterocycles. The van der Waals surface area contributed by atoms with Crippen molar-refractivity contribution in [3.63, 3.8) is 0 Å². The molecule has 3 rings (SSSR count). The molecule has 0 heterocycles. The van der Waals surface area contributed by atoms with Crippen molar-refractivity contribution in [2.75, 3.05) is 0 Å². The number of rotatable bonds is 5. The minimum absolute atomic E-state index is 0.191. The number of hydrogen-bond donors (Lipinski definition) is 3. The van der Waals surface area contributed by atoms with Gasteiger partial charge in [0.05, 0.1) is 0 Å². The Hall–Kier alpha value is -3.02. The summed E-state index contributed by atoms with van der Waals surface area (Å²) in [5.41, 5.74) is 6.35. The minimum Gasteiger partial charge on any atom is -0.489 e. The van der Waals surface area contributed by atoms with E-state index in [9.17, 15) is 9.59 Å². The van der Waals surface area contributed by atoms with Crippen LogP contribution in [0, 0.1) is 0 Å². The van der Waals surface area contributed by atoms with E-state index in [0.717, 1.165) is 31.2 Å². The quantitative estimate of drug-likeness (QED) is 0.707. The lowest BCUT2D eigenvalue weighted by Gasteiger charge is -2.22. The van der Waals surface area contributed by atoms with Gasteiger partial charge in [0.1, 0.15) is 12.4 Å². The molecule has 1 aliphatic rings. The van der Waals surface area contributed by atoms with Crippen LogP contribution in [0.25, 0.3) is 0 Å². The van der Waals surface area contributed by atoms with Gasteiger partial charge >= 0.3 is 6.03 Å². The SMILES string of the molecule is O=C(NNC(=O)c1ccc(OCc2ccccc2)cc1)NC1CCCCC1. The first-order chi connectivity index (χ1) is 13.2. The Morgan fingerprint density at radius 2 is 1.59 bits per heavy atom. The molecule has 1 aliphatic carbocycles. The molecule has 6 heteroatoms. The first-order valence-electron chi connectivity index (χ1n) is 9.34. The summed E-state index contributed by atoms with van der Waals surface area (Å²) in [5.74, 6) is 0.307. The smallest absolute Gasteiger partial charge is 0.333 e. The van der Waals surface area contributed by atoms with Gasteiger partial charge in [-0.15, -0.1) is 0 Å². The molecule has 0 spiro atoms. The first-order valence-corrected chi connectivity index (χ1v) is 9.34. The molecule has 3 amide bonds. The lowest BCUT2D eigenvalue weighted by Crippen LogP contribution is -2.50. The fourth-order valence-corrected chi connectivity index (χ4v) is 3.10. The number of urea groups is 1. The van der Waals surface area contributed by atoms with Crippen LogP contribution >= 0.6 is 0 Å². The van der Waals surface area contributed by atoms with Gasteiger partial charge in [0.25, 0.3) is 5.91 Å². The molecule has 0 atom stereocenters. The molecule has 1 fully saturated rings. The highest BCUT2D eigenvalue weighted by molar-refractivity contribution is 5.95. The molecule has 6 nitrogen and oxygen atoms in total. The standard InChI is InChI=1S/C21H25N3O3/c25-20(23-24-21(26)22-18-9-5-2-6-10-18)17-11-13-19(14-12-17)27-15-16-7-3-1-4-8-16/h1,3-4,7-8,11-14,18H,2,5-6,9-10,15H2,(H,23,25)(H2,22,24,26). The van der Waals surface area contributed by atoms with Gasteiger partial charge in [0, 0.05) is 11.6 Å². The fraction of sp³-hybridized carbons (Fsp3) is 0.333. The molecule has 0 radical (unpaired) electrons. The summed E-state index contributed by atoms with van der Waals surface area (Å²) in [6.45, 7) is 0.468. The maximum Gasteiger partial charge on any atom is 0.333 e. The molecule has 0 saturated heterocycles. The van der Waals surface area contributed by atoms with Crippen LogP contribution in [0.15, 0.2) is 54.6 Å². The van der Waals surface area contributed by atoms with Gasteiger partial charge in [-0.1, -0.05) is 49.6 Å². The zero-order valence-corrected chi connectivity index (χ0v) is 15.2. The summed E-state index contributed by atoms with van der Waals surface area (Å²) >= 11 is 0. The van der Waals surface area contributed by atoms with Crippen molar-refractivity contribution in [3.05, 3.63) is 65.7 Å². The van der Waals surface area contributed by atoms with Crippen LogP contribution in [-0.4, -0.2) is 18.0 Å². The average Bonchev–Trinajstić information content (AvgIpc) is 2.72. The van der Waals surface area contributed by atoms with E-state index in [1.54, 1.807) is 24.3 Å².